The standard InChI is InChI=1S/C20H22FN3O4S/c1-28-19(25)15-7-5-14(6-8-15)13-24-11-9-20(10-12-24)22-18-16(21)3-2-4-17(18)29(26,27)23-20/h2-8,22-23H,9-13H2,1H3. The summed E-state index contributed by atoms with van der Waals surface area (Å²) in [6.45, 7) is 1.95. The lowest BCUT2D eigenvalue weighted by atomic mass is 9.96. The van der Waals surface area contributed by atoms with Crippen molar-refractivity contribution >= 4 is 21.7 Å². The molecule has 1 saturated heterocycles. The van der Waals surface area contributed by atoms with E-state index in [4.69, 9.17) is 4.74 Å². The van der Waals surface area contributed by atoms with Gasteiger partial charge in [0.1, 0.15) is 16.4 Å². The molecular weight excluding hydrogens is 397 g/mol. The van der Waals surface area contributed by atoms with Gasteiger partial charge in [-0.25, -0.2) is 17.6 Å². The van der Waals surface area contributed by atoms with E-state index in [2.05, 4.69) is 14.9 Å². The van der Waals surface area contributed by atoms with E-state index in [0.29, 0.717) is 38.0 Å². The van der Waals surface area contributed by atoms with E-state index in [0.717, 1.165) is 5.56 Å². The maximum atomic E-state index is 14.2. The number of piperidine rings is 1. The van der Waals surface area contributed by atoms with Crippen molar-refractivity contribution in [3.8, 4) is 0 Å². The smallest absolute Gasteiger partial charge is 0.337 e. The third kappa shape index (κ3) is 3.85. The molecule has 2 aliphatic heterocycles. The van der Waals surface area contributed by atoms with Gasteiger partial charge in [0.25, 0.3) is 0 Å². The number of anilines is 1. The average molecular weight is 419 g/mol. The zero-order valence-electron chi connectivity index (χ0n) is 15.9. The molecule has 9 heteroatoms. The lowest BCUT2D eigenvalue weighted by Crippen LogP contribution is -2.62. The summed E-state index contributed by atoms with van der Waals surface area (Å²) in [5, 5.41) is 3.10. The van der Waals surface area contributed by atoms with Gasteiger partial charge >= 0.3 is 5.97 Å². The number of methoxy groups -OCH3 is 1. The third-order valence-electron chi connectivity index (χ3n) is 5.45. The number of hydrogen-bond donors (Lipinski definition) is 2. The van der Waals surface area contributed by atoms with Crippen LogP contribution in [-0.2, 0) is 21.3 Å². The highest BCUT2D eigenvalue weighted by molar-refractivity contribution is 7.89. The Labute approximate surface area is 168 Å². The highest BCUT2D eigenvalue weighted by Gasteiger charge is 2.44. The monoisotopic (exact) mass is 419 g/mol. The molecule has 0 aliphatic carbocycles. The molecule has 2 aliphatic rings. The largest absolute Gasteiger partial charge is 0.465 e. The summed E-state index contributed by atoms with van der Waals surface area (Å²) < 4.78 is 46.9. The minimum absolute atomic E-state index is 0.0399. The van der Waals surface area contributed by atoms with Crippen LogP contribution < -0.4 is 10.0 Å². The van der Waals surface area contributed by atoms with Crippen molar-refractivity contribution in [2.75, 3.05) is 25.5 Å². The molecule has 29 heavy (non-hydrogen) atoms. The predicted molar refractivity (Wildman–Crippen MR) is 105 cm³/mol. The summed E-state index contributed by atoms with van der Waals surface area (Å²) in [7, 11) is -2.43. The van der Waals surface area contributed by atoms with E-state index in [-0.39, 0.29) is 16.6 Å². The van der Waals surface area contributed by atoms with Crippen molar-refractivity contribution in [3.63, 3.8) is 0 Å². The van der Waals surface area contributed by atoms with Gasteiger partial charge in [0.15, 0.2) is 0 Å². The fraction of sp³-hybridized carbons (Fsp3) is 0.350. The summed E-state index contributed by atoms with van der Waals surface area (Å²) in [5.74, 6) is -0.945. The first-order valence-electron chi connectivity index (χ1n) is 9.32. The topological polar surface area (TPSA) is 87.7 Å². The third-order valence-corrected chi connectivity index (χ3v) is 7.03. The van der Waals surface area contributed by atoms with Gasteiger partial charge in [-0.3, -0.25) is 4.90 Å². The van der Waals surface area contributed by atoms with Crippen LogP contribution in [0.5, 0.6) is 0 Å². The molecule has 2 aromatic carbocycles. The summed E-state index contributed by atoms with van der Waals surface area (Å²) in [4.78, 5) is 13.7. The van der Waals surface area contributed by atoms with E-state index in [1.807, 2.05) is 12.1 Å². The van der Waals surface area contributed by atoms with Crippen molar-refractivity contribution in [2.24, 2.45) is 0 Å². The number of carbonyl (C=O) groups is 1. The van der Waals surface area contributed by atoms with Crippen LogP contribution in [0, 0.1) is 5.82 Å². The Bertz CT molecular complexity index is 1030. The van der Waals surface area contributed by atoms with Crippen molar-refractivity contribution in [1.29, 1.82) is 0 Å². The second-order valence-electron chi connectivity index (χ2n) is 7.39. The normalized spacial score (nSPS) is 19.9. The first-order chi connectivity index (χ1) is 13.8. The highest BCUT2D eigenvalue weighted by atomic mass is 32.2. The van der Waals surface area contributed by atoms with Crippen LogP contribution in [-0.4, -0.2) is 45.1 Å². The molecule has 0 bridgehead atoms. The molecule has 1 spiro atoms. The summed E-state index contributed by atoms with van der Waals surface area (Å²) in [6, 6.07) is 11.3. The van der Waals surface area contributed by atoms with Crippen LogP contribution in [0.15, 0.2) is 47.4 Å². The molecule has 2 heterocycles. The minimum Gasteiger partial charge on any atom is -0.465 e. The molecule has 0 saturated carbocycles. The van der Waals surface area contributed by atoms with Crippen LogP contribution in [0.4, 0.5) is 10.1 Å². The van der Waals surface area contributed by atoms with Crippen molar-refractivity contribution in [3.05, 3.63) is 59.4 Å². The molecule has 0 aromatic heterocycles. The van der Waals surface area contributed by atoms with Crippen molar-refractivity contribution < 1.29 is 22.3 Å². The fourth-order valence-electron chi connectivity index (χ4n) is 3.87. The number of esters is 1. The highest BCUT2D eigenvalue weighted by Crippen LogP contribution is 2.36. The van der Waals surface area contributed by atoms with Crippen molar-refractivity contribution in [1.82, 2.24) is 9.62 Å². The molecule has 0 radical (unpaired) electrons. The average Bonchev–Trinajstić information content (AvgIpc) is 2.70. The second kappa shape index (κ2) is 7.40. The van der Waals surface area contributed by atoms with Gasteiger partial charge in [-0.2, -0.15) is 4.72 Å². The quantitative estimate of drug-likeness (QED) is 0.743. The van der Waals surface area contributed by atoms with Gasteiger partial charge in [-0.15, -0.1) is 0 Å². The van der Waals surface area contributed by atoms with E-state index in [1.165, 1.54) is 25.3 Å². The molecule has 1 fully saturated rings. The number of halogens is 1. The van der Waals surface area contributed by atoms with Gasteiger partial charge in [0.2, 0.25) is 10.0 Å². The predicted octanol–water partition coefficient (Wildman–Crippen LogP) is 2.31. The molecule has 7 nitrogen and oxygen atoms in total. The summed E-state index contributed by atoms with van der Waals surface area (Å²) >= 11 is 0. The van der Waals surface area contributed by atoms with Gasteiger partial charge in [0.05, 0.1) is 18.4 Å². The fourth-order valence-corrected chi connectivity index (χ4v) is 5.42. The Morgan fingerprint density at radius 1 is 1.17 bits per heavy atom. The lowest BCUT2D eigenvalue weighted by molar-refractivity contribution is 0.0600. The van der Waals surface area contributed by atoms with Gasteiger partial charge in [-0.1, -0.05) is 18.2 Å². The van der Waals surface area contributed by atoms with Crippen LogP contribution >= 0.6 is 0 Å². The number of ether oxygens (including phenoxy) is 1. The second-order valence-corrected chi connectivity index (χ2v) is 9.04. The Balaban J connectivity index is 1.44. The molecule has 4 rings (SSSR count). The van der Waals surface area contributed by atoms with Gasteiger partial charge in [-0.05, 0) is 42.7 Å². The van der Waals surface area contributed by atoms with Crippen LogP contribution in [0.3, 0.4) is 0 Å². The molecule has 0 amide bonds. The number of benzene rings is 2. The molecule has 154 valence electrons. The molecule has 2 aromatic rings. The van der Waals surface area contributed by atoms with Crippen LogP contribution in [0.1, 0.15) is 28.8 Å². The van der Waals surface area contributed by atoms with Crippen LogP contribution in [0.2, 0.25) is 0 Å². The zero-order chi connectivity index (χ0) is 20.6. The first-order valence-corrected chi connectivity index (χ1v) is 10.8. The van der Waals surface area contributed by atoms with Gasteiger partial charge < -0.3 is 10.1 Å². The summed E-state index contributed by atoms with van der Waals surface area (Å²) in [5.41, 5.74) is 0.690. The Hall–Kier alpha value is -2.49. The van der Waals surface area contributed by atoms with Gasteiger partial charge in [0, 0.05) is 19.6 Å². The number of nitrogens with one attached hydrogen (secondary N) is 2. The number of likely N-dealkylation sites (tertiary alicyclic amines) is 1. The van der Waals surface area contributed by atoms with E-state index < -0.39 is 21.5 Å². The van der Waals surface area contributed by atoms with Crippen molar-refractivity contribution in [2.45, 2.75) is 29.9 Å². The van der Waals surface area contributed by atoms with E-state index >= 15 is 0 Å². The minimum atomic E-state index is -3.78. The number of nitrogens with zero attached hydrogens (tertiary/aromatic N) is 1. The number of hydrogen-bond acceptors (Lipinski definition) is 6. The molecule has 2 N–H and O–H groups in total. The Morgan fingerprint density at radius 2 is 1.86 bits per heavy atom. The Morgan fingerprint density at radius 3 is 2.52 bits per heavy atom. The zero-order valence-corrected chi connectivity index (χ0v) is 16.8. The summed E-state index contributed by atoms with van der Waals surface area (Å²) in [6.07, 6.45) is 1.00. The molecule has 0 unspecified atom stereocenters. The van der Waals surface area contributed by atoms with E-state index in [1.54, 1.807) is 12.1 Å². The number of fused-ring (bicyclic) bond motifs is 1. The SMILES string of the molecule is COC(=O)c1ccc(CN2CCC3(CC2)Nc2c(F)cccc2S(=O)(=O)N3)cc1. The maximum absolute atomic E-state index is 14.2. The van der Waals surface area contributed by atoms with E-state index in [9.17, 15) is 17.6 Å². The molecular formula is C20H22FN3O4S. The number of para-hydroxylation sites is 1. The molecule has 0 atom stereocenters. The Kier molecular flexibility index (Phi) is 5.05. The maximum Gasteiger partial charge on any atom is 0.337 e. The van der Waals surface area contributed by atoms with Crippen LogP contribution in [0.25, 0.3) is 0 Å². The number of rotatable bonds is 3. The lowest BCUT2D eigenvalue weighted by Gasteiger charge is -2.45. The number of sulfonamides is 1. The first kappa shape index (κ1) is 19.8. The number of carbonyl (C=O) groups excluding carboxylic acids is 1.